The van der Waals surface area contributed by atoms with E-state index in [1.54, 1.807) is 0 Å². The number of hydroxylamine groups is 1. The first-order chi connectivity index (χ1) is 8.04. The maximum Gasteiger partial charge on any atom is 0.337 e. The molecule has 1 atom stereocenters. The number of carbonyl (C=O) groups is 2. The summed E-state index contributed by atoms with van der Waals surface area (Å²) in [5.41, 5.74) is 0.231. The van der Waals surface area contributed by atoms with E-state index in [4.69, 9.17) is 4.74 Å². The van der Waals surface area contributed by atoms with Crippen molar-refractivity contribution in [2.24, 2.45) is 0 Å². The minimum atomic E-state index is -1.79. The van der Waals surface area contributed by atoms with Crippen molar-refractivity contribution < 1.29 is 29.4 Å². The van der Waals surface area contributed by atoms with Gasteiger partial charge in [-0.2, -0.15) is 5.06 Å². The van der Waals surface area contributed by atoms with Gasteiger partial charge in [-0.05, 0) is 18.2 Å². The first-order valence-electron chi connectivity index (χ1n) is 4.64. The smallest absolute Gasteiger partial charge is 0.337 e. The van der Waals surface area contributed by atoms with Gasteiger partial charge in [0.2, 0.25) is 0 Å². The number of aliphatic hydroxyl groups is 1. The number of carbonyl (C=O) groups excluding carboxylic acids is 2. The molecule has 7 nitrogen and oxygen atoms in total. The molecule has 1 amide bonds. The fourth-order valence-corrected chi connectivity index (χ4v) is 1.42. The number of nitrogens with zero attached hydrogens (tertiary/aromatic N) is 1. The molecular weight excluding hydrogens is 230 g/mol. The SMILES string of the molecule is COC(=O)c1ccc2c(c1)OC(O)C(=O)N2O. The van der Waals surface area contributed by atoms with Gasteiger partial charge in [0.15, 0.2) is 5.75 Å². The first-order valence-corrected chi connectivity index (χ1v) is 4.64. The van der Waals surface area contributed by atoms with E-state index >= 15 is 0 Å². The Morgan fingerprint density at radius 1 is 1.53 bits per heavy atom. The molecule has 0 saturated carbocycles. The monoisotopic (exact) mass is 239 g/mol. The molecule has 1 aliphatic rings. The van der Waals surface area contributed by atoms with E-state index in [0.717, 1.165) is 0 Å². The Hall–Kier alpha value is -2.12. The quantitative estimate of drug-likeness (QED) is 0.525. The summed E-state index contributed by atoms with van der Waals surface area (Å²) in [6.07, 6.45) is -1.79. The van der Waals surface area contributed by atoms with Gasteiger partial charge >= 0.3 is 11.9 Å². The molecule has 2 rings (SSSR count). The molecule has 0 bridgehead atoms. The van der Waals surface area contributed by atoms with Crippen LogP contribution in [0.3, 0.4) is 0 Å². The average Bonchev–Trinajstić information content (AvgIpc) is 2.34. The Kier molecular flexibility index (Phi) is 2.70. The van der Waals surface area contributed by atoms with Crippen LogP contribution < -0.4 is 9.80 Å². The van der Waals surface area contributed by atoms with Crippen LogP contribution in [-0.2, 0) is 9.53 Å². The lowest BCUT2D eigenvalue weighted by Crippen LogP contribution is -2.44. The van der Waals surface area contributed by atoms with Crippen LogP contribution in [0.25, 0.3) is 0 Å². The van der Waals surface area contributed by atoms with Gasteiger partial charge in [-0.3, -0.25) is 10.0 Å². The molecule has 17 heavy (non-hydrogen) atoms. The number of hydrogen-bond acceptors (Lipinski definition) is 6. The molecule has 1 unspecified atom stereocenters. The van der Waals surface area contributed by atoms with E-state index in [0.29, 0.717) is 0 Å². The van der Waals surface area contributed by atoms with E-state index in [1.807, 2.05) is 0 Å². The van der Waals surface area contributed by atoms with Gasteiger partial charge in [0.05, 0.1) is 12.7 Å². The van der Waals surface area contributed by atoms with Crippen molar-refractivity contribution in [1.82, 2.24) is 0 Å². The molecular formula is C10H9NO6. The first kappa shape index (κ1) is 11.4. The van der Waals surface area contributed by atoms with Crippen molar-refractivity contribution in [3.05, 3.63) is 23.8 Å². The van der Waals surface area contributed by atoms with Crippen LogP contribution in [0.5, 0.6) is 5.75 Å². The summed E-state index contributed by atoms with van der Waals surface area (Å²) >= 11 is 0. The summed E-state index contributed by atoms with van der Waals surface area (Å²) in [6, 6.07) is 3.94. The molecule has 90 valence electrons. The molecule has 2 N–H and O–H groups in total. The molecule has 0 aliphatic carbocycles. The molecule has 1 aromatic rings. The molecule has 0 spiro atoms. The highest BCUT2D eigenvalue weighted by Gasteiger charge is 2.32. The van der Waals surface area contributed by atoms with Crippen LogP contribution in [0.4, 0.5) is 5.69 Å². The maximum atomic E-state index is 11.2. The summed E-state index contributed by atoms with van der Waals surface area (Å²) in [6.45, 7) is 0. The second-order valence-electron chi connectivity index (χ2n) is 3.29. The second kappa shape index (κ2) is 4.04. The molecule has 0 aromatic heterocycles. The third-order valence-electron chi connectivity index (χ3n) is 2.27. The number of hydrogen-bond donors (Lipinski definition) is 2. The largest absolute Gasteiger partial charge is 0.465 e. The van der Waals surface area contributed by atoms with Gasteiger partial charge in [0.1, 0.15) is 5.69 Å². The predicted molar refractivity (Wildman–Crippen MR) is 53.7 cm³/mol. The number of rotatable bonds is 1. The average molecular weight is 239 g/mol. The van der Waals surface area contributed by atoms with E-state index in [-0.39, 0.29) is 22.1 Å². The molecule has 0 saturated heterocycles. The van der Waals surface area contributed by atoms with Gasteiger partial charge in [-0.25, -0.2) is 4.79 Å². The number of fused-ring (bicyclic) bond motifs is 1. The lowest BCUT2D eigenvalue weighted by atomic mass is 10.1. The molecule has 1 aliphatic heterocycles. The van der Waals surface area contributed by atoms with E-state index in [1.165, 1.54) is 25.3 Å². The fraction of sp³-hybridized carbons (Fsp3) is 0.200. The minimum Gasteiger partial charge on any atom is -0.465 e. The van der Waals surface area contributed by atoms with Gasteiger partial charge < -0.3 is 14.6 Å². The van der Waals surface area contributed by atoms with Gasteiger partial charge in [-0.1, -0.05) is 0 Å². The highest BCUT2D eigenvalue weighted by atomic mass is 16.6. The maximum absolute atomic E-state index is 11.2. The lowest BCUT2D eigenvalue weighted by molar-refractivity contribution is -0.148. The standard InChI is InChI=1S/C10H9NO6/c1-16-9(13)5-2-3-6-7(4-5)17-10(14)8(12)11(6)15/h2-4,10,14-15H,1H3. The van der Waals surface area contributed by atoms with E-state index in [9.17, 15) is 19.9 Å². The number of anilines is 1. The second-order valence-corrected chi connectivity index (χ2v) is 3.29. The van der Waals surface area contributed by atoms with Crippen LogP contribution >= 0.6 is 0 Å². The van der Waals surface area contributed by atoms with Crippen molar-refractivity contribution in [2.45, 2.75) is 6.29 Å². The Morgan fingerprint density at radius 2 is 2.24 bits per heavy atom. The Morgan fingerprint density at radius 3 is 2.88 bits per heavy atom. The number of amides is 1. The molecule has 0 fully saturated rings. The van der Waals surface area contributed by atoms with Crippen LogP contribution in [0, 0.1) is 0 Å². The summed E-state index contributed by atoms with van der Waals surface area (Å²) in [4.78, 5) is 22.4. The Balaban J connectivity index is 2.44. The van der Waals surface area contributed by atoms with Gasteiger partial charge in [0.25, 0.3) is 6.29 Å². The fourth-order valence-electron chi connectivity index (χ4n) is 1.42. The predicted octanol–water partition coefficient (Wildman–Crippen LogP) is -0.0938. The minimum absolute atomic E-state index is 0.0162. The Labute approximate surface area is 95.7 Å². The molecule has 0 radical (unpaired) electrons. The van der Waals surface area contributed by atoms with Crippen LogP contribution in [-0.4, -0.2) is 35.6 Å². The molecule has 7 heteroatoms. The summed E-state index contributed by atoms with van der Waals surface area (Å²) < 4.78 is 9.35. The number of aliphatic hydroxyl groups excluding tert-OH is 1. The number of esters is 1. The number of methoxy groups -OCH3 is 1. The third kappa shape index (κ3) is 1.81. The topological polar surface area (TPSA) is 96.3 Å². The van der Waals surface area contributed by atoms with Crippen molar-refractivity contribution in [3.63, 3.8) is 0 Å². The van der Waals surface area contributed by atoms with E-state index < -0.39 is 18.2 Å². The van der Waals surface area contributed by atoms with Crippen LogP contribution in [0.1, 0.15) is 10.4 Å². The van der Waals surface area contributed by atoms with Crippen molar-refractivity contribution >= 4 is 17.6 Å². The van der Waals surface area contributed by atoms with E-state index in [2.05, 4.69) is 4.74 Å². The van der Waals surface area contributed by atoms with Gasteiger partial charge in [0, 0.05) is 0 Å². The highest BCUT2D eigenvalue weighted by molar-refractivity contribution is 5.98. The molecule has 1 heterocycles. The zero-order valence-corrected chi connectivity index (χ0v) is 8.78. The third-order valence-corrected chi connectivity index (χ3v) is 2.27. The zero-order valence-electron chi connectivity index (χ0n) is 8.78. The zero-order chi connectivity index (χ0) is 12.6. The summed E-state index contributed by atoms with van der Waals surface area (Å²) in [5.74, 6) is -1.57. The summed E-state index contributed by atoms with van der Waals surface area (Å²) in [7, 11) is 1.22. The van der Waals surface area contributed by atoms with Crippen molar-refractivity contribution in [1.29, 1.82) is 0 Å². The Bertz CT molecular complexity index is 486. The lowest BCUT2D eigenvalue weighted by Gasteiger charge is -2.27. The normalized spacial score (nSPS) is 18.4. The molecule has 1 aromatic carbocycles. The number of ether oxygens (including phenoxy) is 2. The van der Waals surface area contributed by atoms with Crippen molar-refractivity contribution in [2.75, 3.05) is 12.2 Å². The number of benzene rings is 1. The summed E-state index contributed by atoms with van der Waals surface area (Å²) in [5, 5.41) is 18.9. The highest BCUT2D eigenvalue weighted by Crippen LogP contribution is 2.33. The van der Waals surface area contributed by atoms with Gasteiger partial charge in [-0.15, -0.1) is 0 Å². The van der Waals surface area contributed by atoms with Crippen LogP contribution in [0.15, 0.2) is 18.2 Å². The van der Waals surface area contributed by atoms with Crippen LogP contribution in [0.2, 0.25) is 0 Å². The van der Waals surface area contributed by atoms with Crippen molar-refractivity contribution in [3.8, 4) is 5.75 Å².